The van der Waals surface area contributed by atoms with E-state index in [4.69, 9.17) is 14.0 Å². The van der Waals surface area contributed by atoms with Crippen LogP contribution in [-0.2, 0) is 0 Å². The first-order valence-electron chi connectivity index (χ1n) is 10.5. The summed E-state index contributed by atoms with van der Waals surface area (Å²) in [6, 6.07) is 9.85. The number of rotatable bonds is 6. The van der Waals surface area contributed by atoms with Gasteiger partial charge in [0.05, 0.1) is 0 Å². The van der Waals surface area contributed by atoms with Crippen molar-refractivity contribution in [3.8, 4) is 17.2 Å². The molecular weight excluding hydrogens is 487 g/mol. The summed E-state index contributed by atoms with van der Waals surface area (Å²) in [5, 5.41) is 0. The van der Waals surface area contributed by atoms with Crippen molar-refractivity contribution in [3.05, 3.63) is 113 Å². The molecule has 36 heavy (non-hydrogen) atoms. The first kappa shape index (κ1) is 26.6. The van der Waals surface area contributed by atoms with Gasteiger partial charge in [-0.3, -0.25) is 0 Å². The summed E-state index contributed by atoms with van der Waals surface area (Å²) in [6.07, 6.45) is 3.75. The van der Waals surface area contributed by atoms with Crippen molar-refractivity contribution in [2.45, 2.75) is 20.8 Å². The lowest BCUT2D eigenvalue weighted by atomic mass is 10.1. The van der Waals surface area contributed by atoms with Gasteiger partial charge in [0.25, 0.3) is 0 Å². The molecule has 0 atom stereocenters. The maximum atomic E-state index is 14.4. The summed E-state index contributed by atoms with van der Waals surface area (Å²) in [5.41, 5.74) is -0.0945. The van der Waals surface area contributed by atoms with E-state index in [1.54, 1.807) is 0 Å². The Hall–Kier alpha value is -4.02. The average Bonchev–Trinajstić information content (AvgIpc) is 3.44. The standard InChI is InChI=1S/C21H15BF6O3.C4H5N/c1-10-4-7-13(23)19(16(10)26)29-22(30-20-14(24)8-5-11(2)17(20)27)31-21-15(25)9-6-12(3)18(21)28;1-2-4-5-3-1/h4-9H,1-3H3;1-5H. The van der Waals surface area contributed by atoms with Gasteiger partial charge in [-0.2, -0.15) is 0 Å². The highest BCUT2D eigenvalue weighted by molar-refractivity contribution is 6.39. The Kier molecular flexibility index (Phi) is 8.57. The third-order valence-electron chi connectivity index (χ3n) is 4.86. The summed E-state index contributed by atoms with van der Waals surface area (Å²) in [4.78, 5) is 2.86. The number of aromatic nitrogens is 1. The van der Waals surface area contributed by atoms with Crippen LogP contribution in [0.4, 0.5) is 26.3 Å². The van der Waals surface area contributed by atoms with E-state index in [-0.39, 0.29) is 16.7 Å². The van der Waals surface area contributed by atoms with Crippen LogP contribution in [0, 0.1) is 55.7 Å². The van der Waals surface area contributed by atoms with Crippen LogP contribution in [-0.4, -0.2) is 12.3 Å². The molecule has 1 N–H and O–H groups in total. The van der Waals surface area contributed by atoms with E-state index in [9.17, 15) is 26.3 Å². The Bertz CT molecular complexity index is 1180. The lowest BCUT2D eigenvalue weighted by molar-refractivity contribution is 0.268. The summed E-state index contributed by atoms with van der Waals surface area (Å²) < 4.78 is 101. The number of halogens is 6. The molecule has 0 aliphatic heterocycles. The Morgan fingerprint density at radius 2 is 0.833 bits per heavy atom. The third-order valence-corrected chi connectivity index (χ3v) is 4.86. The molecule has 3 aromatic carbocycles. The zero-order valence-electron chi connectivity index (χ0n) is 19.3. The highest BCUT2D eigenvalue weighted by atomic mass is 19.2. The highest BCUT2D eigenvalue weighted by Crippen LogP contribution is 2.30. The molecule has 0 unspecified atom stereocenters. The maximum absolute atomic E-state index is 14.4. The molecule has 0 amide bonds. The Morgan fingerprint density at radius 1 is 0.528 bits per heavy atom. The Balaban J connectivity index is 0.000000642. The molecule has 0 fully saturated rings. The van der Waals surface area contributed by atoms with Gasteiger partial charge in [0.1, 0.15) is 0 Å². The largest absolute Gasteiger partial charge is 0.864 e. The monoisotopic (exact) mass is 507 g/mol. The van der Waals surface area contributed by atoms with Gasteiger partial charge < -0.3 is 18.9 Å². The van der Waals surface area contributed by atoms with Crippen LogP contribution < -0.4 is 14.0 Å². The minimum atomic E-state index is -2.36. The second kappa shape index (κ2) is 11.6. The molecular formula is C25H20BF6NO3. The molecule has 11 heteroatoms. The molecule has 0 saturated carbocycles. The van der Waals surface area contributed by atoms with Crippen LogP contribution in [0.5, 0.6) is 17.2 Å². The molecule has 1 heterocycles. The van der Waals surface area contributed by atoms with Crippen molar-refractivity contribution in [3.63, 3.8) is 0 Å². The second-order valence-corrected chi connectivity index (χ2v) is 7.55. The van der Waals surface area contributed by atoms with Gasteiger partial charge >= 0.3 is 7.32 Å². The van der Waals surface area contributed by atoms with Gasteiger partial charge in [0.15, 0.2) is 52.2 Å². The Morgan fingerprint density at radius 3 is 1.08 bits per heavy atom. The normalized spacial score (nSPS) is 10.4. The summed E-state index contributed by atoms with van der Waals surface area (Å²) in [6.45, 7) is 3.91. The van der Waals surface area contributed by atoms with E-state index >= 15 is 0 Å². The van der Waals surface area contributed by atoms with E-state index in [0.29, 0.717) is 0 Å². The molecule has 4 aromatic rings. The van der Waals surface area contributed by atoms with E-state index in [0.717, 1.165) is 36.4 Å². The third kappa shape index (κ3) is 6.15. The predicted octanol–water partition coefficient (Wildman–Crippen LogP) is 6.98. The van der Waals surface area contributed by atoms with Crippen molar-refractivity contribution in [2.75, 3.05) is 0 Å². The maximum Gasteiger partial charge on any atom is 0.864 e. The SMILES string of the molecule is Cc1ccc(F)c(OB(Oc2c(F)ccc(C)c2F)Oc2c(F)ccc(C)c2F)c1F.c1cc[nH]c1. The van der Waals surface area contributed by atoms with Crippen molar-refractivity contribution in [1.82, 2.24) is 4.98 Å². The quantitative estimate of drug-likeness (QED) is 0.226. The zero-order chi connectivity index (χ0) is 26.4. The smallest absolute Gasteiger partial charge is 0.484 e. The van der Waals surface area contributed by atoms with Gasteiger partial charge in [-0.05, 0) is 67.8 Å². The fourth-order valence-electron chi connectivity index (χ4n) is 2.86. The van der Waals surface area contributed by atoms with Gasteiger partial charge in [0.2, 0.25) is 0 Å². The minimum Gasteiger partial charge on any atom is -0.484 e. The molecule has 4 rings (SSSR count). The van der Waals surface area contributed by atoms with Crippen LogP contribution in [0.2, 0.25) is 0 Å². The number of nitrogens with one attached hydrogen (secondary N) is 1. The van der Waals surface area contributed by atoms with Crippen molar-refractivity contribution < 1.29 is 40.3 Å². The summed E-state index contributed by atoms with van der Waals surface area (Å²) >= 11 is 0. The molecule has 0 spiro atoms. The fraction of sp³-hybridized carbons (Fsp3) is 0.120. The molecule has 4 nitrogen and oxygen atoms in total. The van der Waals surface area contributed by atoms with Crippen molar-refractivity contribution in [1.29, 1.82) is 0 Å². The van der Waals surface area contributed by atoms with E-state index in [1.165, 1.54) is 20.8 Å². The molecule has 0 aliphatic carbocycles. The topological polar surface area (TPSA) is 43.5 Å². The molecule has 188 valence electrons. The van der Waals surface area contributed by atoms with Crippen molar-refractivity contribution >= 4 is 7.32 Å². The van der Waals surface area contributed by atoms with E-state index in [2.05, 4.69) is 4.98 Å². The lowest BCUT2D eigenvalue weighted by Gasteiger charge is -2.19. The van der Waals surface area contributed by atoms with Gasteiger partial charge in [-0.15, -0.1) is 0 Å². The number of benzene rings is 3. The van der Waals surface area contributed by atoms with Crippen LogP contribution in [0.15, 0.2) is 60.9 Å². The van der Waals surface area contributed by atoms with Gasteiger partial charge in [-0.1, -0.05) is 18.2 Å². The molecule has 0 bridgehead atoms. The number of aryl methyl sites for hydroxylation is 3. The number of aromatic amines is 1. The average molecular weight is 507 g/mol. The fourth-order valence-corrected chi connectivity index (χ4v) is 2.86. The second-order valence-electron chi connectivity index (χ2n) is 7.55. The molecule has 1 aromatic heterocycles. The van der Waals surface area contributed by atoms with Gasteiger partial charge in [-0.25, -0.2) is 26.3 Å². The number of H-pyrrole nitrogens is 1. The molecule has 0 aliphatic rings. The van der Waals surface area contributed by atoms with E-state index < -0.39 is 59.5 Å². The highest BCUT2D eigenvalue weighted by Gasteiger charge is 2.37. The molecule has 0 radical (unpaired) electrons. The number of hydrogen-bond acceptors (Lipinski definition) is 3. The Labute approximate surface area is 203 Å². The number of hydrogen-bond donors (Lipinski definition) is 1. The van der Waals surface area contributed by atoms with Crippen LogP contribution in [0.1, 0.15) is 16.7 Å². The van der Waals surface area contributed by atoms with Crippen LogP contribution in [0.25, 0.3) is 0 Å². The predicted molar refractivity (Wildman–Crippen MR) is 122 cm³/mol. The zero-order valence-corrected chi connectivity index (χ0v) is 19.3. The van der Waals surface area contributed by atoms with Crippen molar-refractivity contribution in [2.24, 2.45) is 0 Å². The summed E-state index contributed by atoms with van der Waals surface area (Å²) in [7, 11) is -2.36. The lowest BCUT2D eigenvalue weighted by Crippen LogP contribution is -2.38. The summed E-state index contributed by atoms with van der Waals surface area (Å²) in [5.74, 6) is -10.1. The van der Waals surface area contributed by atoms with E-state index in [1.807, 2.05) is 24.5 Å². The van der Waals surface area contributed by atoms with Gasteiger partial charge in [0, 0.05) is 12.4 Å². The minimum absolute atomic E-state index is 0.0315. The van der Waals surface area contributed by atoms with Crippen LogP contribution >= 0.6 is 0 Å². The first-order chi connectivity index (χ1) is 17.1. The first-order valence-corrected chi connectivity index (χ1v) is 10.5. The van der Waals surface area contributed by atoms with Crippen LogP contribution in [0.3, 0.4) is 0 Å². The molecule has 0 saturated heterocycles.